The molecular weight excluding hydrogens is 400 g/mol. The maximum atomic E-state index is 12.3. The van der Waals surface area contributed by atoms with Gasteiger partial charge in [-0.1, -0.05) is 29.8 Å². The zero-order chi connectivity index (χ0) is 21.1. The number of hydrogen-bond donors (Lipinski definition) is 2. The Hall–Kier alpha value is -3.39. The predicted octanol–water partition coefficient (Wildman–Crippen LogP) is 2.89. The Morgan fingerprint density at radius 2 is 2.00 bits per heavy atom. The number of anilines is 2. The van der Waals surface area contributed by atoms with Gasteiger partial charge in [0, 0.05) is 11.1 Å². The van der Waals surface area contributed by atoms with Crippen LogP contribution in [-0.4, -0.2) is 29.4 Å². The topological polar surface area (TPSA) is 97.5 Å². The molecule has 30 heavy (non-hydrogen) atoms. The van der Waals surface area contributed by atoms with E-state index in [1.807, 2.05) is 65.7 Å². The number of aromatic nitrogens is 1. The Balaban J connectivity index is 1.42. The zero-order valence-electron chi connectivity index (χ0n) is 16.5. The van der Waals surface area contributed by atoms with Gasteiger partial charge in [-0.15, -0.1) is 11.3 Å². The third-order valence-electron chi connectivity index (χ3n) is 4.78. The van der Waals surface area contributed by atoms with E-state index in [1.165, 1.54) is 11.3 Å². The van der Waals surface area contributed by atoms with Gasteiger partial charge >= 0.3 is 0 Å². The van der Waals surface area contributed by atoms with Crippen LogP contribution in [0, 0.1) is 6.92 Å². The molecule has 2 amide bonds. The van der Waals surface area contributed by atoms with E-state index in [0.29, 0.717) is 18.8 Å². The molecule has 1 aliphatic rings. The van der Waals surface area contributed by atoms with Gasteiger partial charge in [0.1, 0.15) is 10.8 Å². The monoisotopic (exact) mass is 422 g/mol. The number of nitrogens with one attached hydrogen (secondary N) is 1. The molecule has 3 aromatic rings. The second kappa shape index (κ2) is 8.54. The van der Waals surface area contributed by atoms with Crippen molar-refractivity contribution in [2.75, 3.05) is 16.8 Å². The lowest BCUT2D eigenvalue weighted by atomic mass is 10.1. The van der Waals surface area contributed by atoms with E-state index in [0.717, 1.165) is 27.6 Å². The number of rotatable bonds is 6. The number of primary amides is 1. The fourth-order valence-electron chi connectivity index (χ4n) is 3.28. The molecular formula is C22H22N4O3S. The Labute approximate surface area is 178 Å². The summed E-state index contributed by atoms with van der Waals surface area (Å²) in [4.78, 5) is 30.6. The minimum Gasteiger partial charge on any atom is -0.477 e. The first-order valence-electron chi connectivity index (χ1n) is 9.57. The molecule has 0 unspecified atom stereocenters. The van der Waals surface area contributed by atoms with Crippen molar-refractivity contribution >= 4 is 34.5 Å². The predicted molar refractivity (Wildman–Crippen MR) is 117 cm³/mol. The van der Waals surface area contributed by atoms with Gasteiger partial charge in [-0.2, -0.15) is 0 Å². The fourth-order valence-corrected chi connectivity index (χ4v) is 4.07. The van der Waals surface area contributed by atoms with Gasteiger partial charge in [0.25, 0.3) is 5.91 Å². The van der Waals surface area contributed by atoms with Crippen LogP contribution in [0.5, 0.6) is 5.75 Å². The van der Waals surface area contributed by atoms with Gasteiger partial charge in [0.15, 0.2) is 6.10 Å². The molecule has 0 radical (unpaired) electrons. The average molecular weight is 423 g/mol. The van der Waals surface area contributed by atoms with Gasteiger partial charge in [-0.25, -0.2) is 4.98 Å². The van der Waals surface area contributed by atoms with Crippen LogP contribution in [-0.2, 0) is 22.6 Å². The summed E-state index contributed by atoms with van der Waals surface area (Å²) >= 11 is 1.45. The van der Waals surface area contributed by atoms with Crippen molar-refractivity contribution < 1.29 is 14.3 Å². The van der Waals surface area contributed by atoms with E-state index in [9.17, 15) is 9.59 Å². The third-order valence-corrected chi connectivity index (χ3v) is 5.68. The molecule has 1 atom stereocenters. The van der Waals surface area contributed by atoms with Gasteiger partial charge in [-0.3, -0.25) is 9.59 Å². The third kappa shape index (κ3) is 4.60. The number of fused-ring (bicyclic) bond motifs is 1. The number of nitrogens with zero attached hydrogens (tertiary/aromatic N) is 2. The highest BCUT2D eigenvalue weighted by Crippen LogP contribution is 2.34. The summed E-state index contributed by atoms with van der Waals surface area (Å²) < 4.78 is 5.70. The van der Waals surface area contributed by atoms with Crippen LogP contribution >= 0.6 is 11.3 Å². The number of benzene rings is 2. The molecule has 1 aromatic heterocycles. The summed E-state index contributed by atoms with van der Waals surface area (Å²) in [6.45, 7) is 2.86. The SMILES string of the molecule is Cc1ccc(NC(=O)Cc2nc(CN3C[C@@H](C(N)=O)Oc4ccccc43)cs2)cc1. The summed E-state index contributed by atoms with van der Waals surface area (Å²) in [7, 11) is 0. The minimum atomic E-state index is -0.710. The largest absolute Gasteiger partial charge is 0.477 e. The van der Waals surface area contributed by atoms with E-state index in [1.54, 1.807) is 0 Å². The molecule has 154 valence electrons. The van der Waals surface area contributed by atoms with Gasteiger partial charge in [0.05, 0.1) is 30.9 Å². The molecule has 1 aliphatic heterocycles. The summed E-state index contributed by atoms with van der Waals surface area (Å²) in [6.07, 6.45) is -0.499. The lowest BCUT2D eigenvalue weighted by molar-refractivity contribution is -0.124. The number of carbonyl (C=O) groups excluding carboxylic acids is 2. The quantitative estimate of drug-likeness (QED) is 0.637. The zero-order valence-corrected chi connectivity index (χ0v) is 17.3. The summed E-state index contributed by atoms with van der Waals surface area (Å²) in [6, 6.07) is 15.2. The number of nitrogens with two attached hydrogens (primary N) is 1. The molecule has 0 saturated heterocycles. The van der Waals surface area contributed by atoms with Crippen LogP contribution < -0.4 is 20.7 Å². The maximum absolute atomic E-state index is 12.3. The van der Waals surface area contributed by atoms with Crippen molar-refractivity contribution in [2.45, 2.75) is 26.0 Å². The number of aryl methyl sites for hydroxylation is 1. The van der Waals surface area contributed by atoms with E-state index in [2.05, 4.69) is 10.3 Å². The molecule has 2 heterocycles. The van der Waals surface area contributed by atoms with Crippen LogP contribution in [0.3, 0.4) is 0 Å². The molecule has 0 bridgehead atoms. The summed E-state index contributed by atoms with van der Waals surface area (Å²) in [5, 5.41) is 5.56. The van der Waals surface area contributed by atoms with Crippen molar-refractivity contribution in [3.8, 4) is 5.75 Å². The molecule has 2 aromatic carbocycles. The summed E-state index contributed by atoms with van der Waals surface area (Å²) in [5.74, 6) is 0.0204. The molecule has 0 fully saturated rings. The lowest BCUT2D eigenvalue weighted by Gasteiger charge is -2.34. The first-order valence-corrected chi connectivity index (χ1v) is 10.5. The number of amides is 2. The van der Waals surface area contributed by atoms with Crippen LogP contribution in [0.1, 0.15) is 16.3 Å². The highest BCUT2D eigenvalue weighted by atomic mass is 32.1. The smallest absolute Gasteiger partial charge is 0.260 e. The molecule has 4 rings (SSSR count). The lowest BCUT2D eigenvalue weighted by Crippen LogP contribution is -2.47. The second-order valence-corrected chi connectivity index (χ2v) is 8.12. The molecule has 8 heteroatoms. The highest BCUT2D eigenvalue weighted by molar-refractivity contribution is 7.09. The van der Waals surface area contributed by atoms with Crippen molar-refractivity contribution in [3.05, 3.63) is 70.2 Å². The summed E-state index contributed by atoms with van der Waals surface area (Å²) in [5.41, 5.74) is 9.09. The van der Waals surface area contributed by atoms with Crippen LogP contribution in [0.25, 0.3) is 0 Å². The van der Waals surface area contributed by atoms with E-state index in [4.69, 9.17) is 10.5 Å². The average Bonchev–Trinajstić information content (AvgIpc) is 3.16. The Bertz CT molecular complexity index is 1060. The minimum absolute atomic E-state index is 0.106. The van der Waals surface area contributed by atoms with E-state index >= 15 is 0 Å². The number of para-hydroxylation sites is 2. The standard InChI is InChI=1S/C22H22N4O3S/c1-14-6-8-15(9-7-14)24-20(27)10-21-25-16(13-30-21)11-26-12-19(22(23)28)29-18-5-3-2-4-17(18)26/h2-9,13,19H,10-12H2,1H3,(H2,23,28)(H,24,27)/t19-/m0/s1. The van der Waals surface area contributed by atoms with E-state index < -0.39 is 12.0 Å². The van der Waals surface area contributed by atoms with Gasteiger partial charge in [-0.05, 0) is 31.2 Å². The van der Waals surface area contributed by atoms with Crippen LogP contribution in [0.2, 0.25) is 0 Å². The van der Waals surface area contributed by atoms with Crippen LogP contribution in [0.15, 0.2) is 53.9 Å². The first kappa shape index (κ1) is 19.9. The number of carbonyl (C=O) groups is 2. The number of hydrogen-bond acceptors (Lipinski definition) is 6. The second-order valence-electron chi connectivity index (χ2n) is 7.18. The van der Waals surface area contributed by atoms with E-state index in [-0.39, 0.29) is 12.3 Å². The van der Waals surface area contributed by atoms with Crippen molar-refractivity contribution in [3.63, 3.8) is 0 Å². The Morgan fingerprint density at radius 3 is 2.77 bits per heavy atom. The van der Waals surface area contributed by atoms with Gasteiger partial charge in [0.2, 0.25) is 5.91 Å². The molecule has 0 saturated carbocycles. The molecule has 7 nitrogen and oxygen atoms in total. The first-order chi connectivity index (χ1) is 14.5. The Morgan fingerprint density at radius 1 is 1.23 bits per heavy atom. The van der Waals surface area contributed by atoms with Crippen LogP contribution in [0.4, 0.5) is 11.4 Å². The molecule has 0 aliphatic carbocycles. The number of ether oxygens (including phenoxy) is 1. The van der Waals surface area contributed by atoms with Crippen molar-refractivity contribution in [1.82, 2.24) is 4.98 Å². The fraction of sp³-hybridized carbons (Fsp3) is 0.227. The Kier molecular flexibility index (Phi) is 5.67. The highest BCUT2D eigenvalue weighted by Gasteiger charge is 2.29. The van der Waals surface area contributed by atoms with Crippen molar-refractivity contribution in [1.29, 1.82) is 0 Å². The molecule has 0 spiro atoms. The van der Waals surface area contributed by atoms with Crippen molar-refractivity contribution in [2.24, 2.45) is 5.73 Å². The maximum Gasteiger partial charge on any atom is 0.260 e. The normalized spacial score (nSPS) is 15.2. The van der Waals surface area contributed by atoms with Gasteiger partial charge < -0.3 is 20.7 Å². The number of thiazole rings is 1. The molecule has 3 N–H and O–H groups in total.